The third-order valence-corrected chi connectivity index (χ3v) is 5.06. The van der Waals surface area contributed by atoms with E-state index in [1.807, 2.05) is 6.92 Å². The van der Waals surface area contributed by atoms with Gasteiger partial charge in [-0.3, -0.25) is 14.4 Å². The number of rotatable bonds is 7. The molecule has 8 nitrogen and oxygen atoms in total. The fraction of sp³-hybridized carbons (Fsp3) is 0.550. The quantitative estimate of drug-likeness (QED) is 0.715. The highest BCUT2D eigenvalue weighted by Gasteiger charge is 2.25. The average Bonchev–Trinajstić information content (AvgIpc) is 3.19. The first-order valence-electron chi connectivity index (χ1n) is 9.71. The van der Waals surface area contributed by atoms with Crippen LogP contribution in [0.4, 0.5) is 0 Å². The van der Waals surface area contributed by atoms with Gasteiger partial charge in [0.15, 0.2) is 18.1 Å². The van der Waals surface area contributed by atoms with Crippen LogP contribution in [0.15, 0.2) is 18.2 Å². The standard InChI is InChI=1S/C20H26N2O6/c1-2-22(15-6-4-3-5-7-15)18(23)12-26-19(24)11-21-20(25)14-8-9-16-17(10-14)28-13-27-16/h8-10,15H,2-7,11-13H2,1H3,(H,21,25). The molecule has 0 spiro atoms. The van der Waals surface area contributed by atoms with Crippen molar-refractivity contribution in [2.24, 2.45) is 0 Å². The Balaban J connectivity index is 1.42. The average molecular weight is 390 g/mol. The van der Waals surface area contributed by atoms with Crippen LogP contribution in [0.2, 0.25) is 0 Å². The summed E-state index contributed by atoms with van der Waals surface area (Å²) in [6.45, 7) is 2.04. The van der Waals surface area contributed by atoms with Crippen LogP contribution in [0.25, 0.3) is 0 Å². The molecule has 152 valence electrons. The highest BCUT2D eigenvalue weighted by molar-refractivity contribution is 5.96. The lowest BCUT2D eigenvalue weighted by atomic mass is 9.94. The fourth-order valence-corrected chi connectivity index (χ4v) is 3.60. The number of ether oxygens (including phenoxy) is 3. The van der Waals surface area contributed by atoms with E-state index in [4.69, 9.17) is 14.2 Å². The molecule has 1 N–H and O–H groups in total. The summed E-state index contributed by atoms with van der Waals surface area (Å²) in [5.74, 6) is -0.206. The van der Waals surface area contributed by atoms with E-state index in [-0.39, 0.29) is 31.9 Å². The van der Waals surface area contributed by atoms with Crippen molar-refractivity contribution in [1.29, 1.82) is 0 Å². The number of nitrogens with one attached hydrogen (secondary N) is 1. The minimum atomic E-state index is -0.651. The van der Waals surface area contributed by atoms with Gasteiger partial charge in [-0.2, -0.15) is 0 Å². The lowest BCUT2D eigenvalue weighted by molar-refractivity contribution is -0.152. The summed E-state index contributed by atoms with van der Waals surface area (Å²) < 4.78 is 15.5. The molecule has 2 amide bonds. The third kappa shape index (κ3) is 4.94. The number of benzene rings is 1. The summed E-state index contributed by atoms with van der Waals surface area (Å²) in [4.78, 5) is 38.2. The largest absolute Gasteiger partial charge is 0.454 e. The number of hydrogen-bond acceptors (Lipinski definition) is 6. The summed E-state index contributed by atoms with van der Waals surface area (Å²) in [6, 6.07) is 5.01. The maximum Gasteiger partial charge on any atom is 0.325 e. The smallest absolute Gasteiger partial charge is 0.325 e. The van der Waals surface area contributed by atoms with Gasteiger partial charge in [0.2, 0.25) is 6.79 Å². The molecule has 1 aromatic carbocycles. The molecule has 2 aliphatic rings. The second kappa shape index (κ2) is 9.43. The Hall–Kier alpha value is -2.77. The van der Waals surface area contributed by atoms with Crippen molar-refractivity contribution in [2.75, 3.05) is 26.5 Å². The van der Waals surface area contributed by atoms with Crippen molar-refractivity contribution in [3.63, 3.8) is 0 Å². The molecule has 1 aliphatic heterocycles. The van der Waals surface area contributed by atoms with Crippen LogP contribution in [0.5, 0.6) is 11.5 Å². The van der Waals surface area contributed by atoms with E-state index < -0.39 is 11.9 Å². The SMILES string of the molecule is CCN(C(=O)COC(=O)CNC(=O)c1ccc2c(c1)OCO2)C1CCCCC1. The summed E-state index contributed by atoms with van der Waals surface area (Å²) in [6.07, 6.45) is 5.46. The molecule has 28 heavy (non-hydrogen) atoms. The first kappa shape index (κ1) is 20.0. The first-order chi connectivity index (χ1) is 13.6. The van der Waals surface area contributed by atoms with E-state index >= 15 is 0 Å². The maximum absolute atomic E-state index is 12.4. The van der Waals surface area contributed by atoms with Crippen LogP contribution in [0.1, 0.15) is 49.4 Å². The first-order valence-corrected chi connectivity index (χ1v) is 9.71. The Labute approximate surface area is 164 Å². The molecule has 1 heterocycles. The van der Waals surface area contributed by atoms with E-state index in [1.165, 1.54) is 6.42 Å². The highest BCUT2D eigenvalue weighted by atomic mass is 16.7. The van der Waals surface area contributed by atoms with Gasteiger partial charge >= 0.3 is 5.97 Å². The maximum atomic E-state index is 12.4. The summed E-state index contributed by atoms with van der Waals surface area (Å²) in [7, 11) is 0. The van der Waals surface area contributed by atoms with Crippen LogP contribution in [0.3, 0.4) is 0 Å². The van der Waals surface area contributed by atoms with Crippen molar-refractivity contribution in [2.45, 2.75) is 45.1 Å². The second-order valence-electron chi connectivity index (χ2n) is 6.88. The van der Waals surface area contributed by atoms with Gasteiger partial charge in [0, 0.05) is 18.2 Å². The number of likely N-dealkylation sites (N-methyl/N-ethyl adjacent to an activating group) is 1. The zero-order valence-corrected chi connectivity index (χ0v) is 16.1. The summed E-state index contributed by atoms with van der Waals surface area (Å²) >= 11 is 0. The number of fused-ring (bicyclic) bond motifs is 1. The molecule has 0 aromatic heterocycles. The fourth-order valence-electron chi connectivity index (χ4n) is 3.60. The van der Waals surface area contributed by atoms with Crippen LogP contribution in [-0.2, 0) is 14.3 Å². The topological polar surface area (TPSA) is 94.2 Å². The lowest BCUT2D eigenvalue weighted by Gasteiger charge is -2.33. The van der Waals surface area contributed by atoms with Crippen LogP contribution < -0.4 is 14.8 Å². The van der Waals surface area contributed by atoms with Crippen molar-refractivity contribution >= 4 is 17.8 Å². The Bertz CT molecular complexity index is 729. The zero-order valence-electron chi connectivity index (χ0n) is 16.1. The number of hydrogen-bond donors (Lipinski definition) is 1. The molecule has 1 saturated carbocycles. The molecule has 1 fully saturated rings. The second-order valence-corrected chi connectivity index (χ2v) is 6.88. The predicted octanol–water partition coefficient (Wildman–Crippen LogP) is 1.87. The van der Waals surface area contributed by atoms with Gasteiger partial charge in [-0.25, -0.2) is 0 Å². The lowest BCUT2D eigenvalue weighted by Crippen LogP contribution is -2.43. The summed E-state index contributed by atoms with van der Waals surface area (Å²) in [5, 5.41) is 2.49. The molecule has 0 radical (unpaired) electrons. The van der Waals surface area contributed by atoms with E-state index in [0.717, 1.165) is 25.7 Å². The Morgan fingerprint density at radius 1 is 1.14 bits per heavy atom. The van der Waals surface area contributed by atoms with Gasteiger partial charge in [-0.15, -0.1) is 0 Å². The minimum Gasteiger partial charge on any atom is -0.454 e. The molecule has 0 bridgehead atoms. The highest BCUT2D eigenvalue weighted by Crippen LogP contribution is 2.32. The Morgan fingerprint density at radius 2 is 1.89 bits per heavy atom. The van der Waals surface area contributed by atoms with Gasteiger partial charge in [0.25, 0.3) is 11.8 Å². The molecular formula is C20H26N2O6. The van der Waals surface area contributed by atoms with Crippen LogP contribution >= 0.6 is 0 Å². The van der Waals surface area contributed by atoms with Crippen LogP contribution in [-0.4, -0.2) is 55.2 Å². The third-order valence-electron chi connectivity index (χ3n) is 5.06. The molecule has 0 unspecified atom stereocenters. The van der Waals surface area contributed by atoms with E-state index in [9.17, 15) is 14.4 Å². The molecule has 3 rings (SSSR count). The van der Waals surface area contributed by atoms with Gasteiger partial charge in [-0.05, 0) is 38.0 Å². The number of esters is 1. The Kier molecular flexibility index (Phi) is 6.73. The van der Waals surface area contributed by atoms with E-state index in [2.05, 4.69) is 5.32 Å². The van der Waals surface area contributed by atoms with Gasteiger partial charge < -0.3 is 24.4 Å². The molecule has 8 heteroatoms. The van der Waals surface area contributed by atoms with Gasteiger partial charge in [0.05, 0.1) is 0 Å². The zero-order chi connectivity index (χ0) is 19.9. The normalized spacial score (nSPS) is 15.8. The van der Waals surface area contributed by atoms with Gasteiger partial charge in [-0.1, -0.05) is 19.3 Å². The number of carbonyl (C=O) groups is 3. The van der Waals surface area contributed by atoms with Crippen molar-refractivity contribution in [1.82, 2.24) is 10.2 Å². The summed E-state index contributed by atoms with van der Waals surface area (Å²) in [5.41, 5.74) is 0.350. The number of carbonyl (C=O) groups excluding carboxylic acids is 3. The van der Waals surface area contributed by atoms with Crippen molar-refractivity contribution < 1.29 is 28.6 Å². The van der Waals surface area contributed by atoms with Gasteiger partial charge in [0.1, 0.15) is 6.54 Å². The monoisotopic (exact) mass is 390 g/mol. The van der Waals surface area contributed by atoms with Crippen molar-refractivity contribution in [3.8, 4) is 11.5 Å². The molecule has 0 atom stereocenters. The van der Waals surface area contributed by atoms with Crippen LogP contribution in [0, 0.1) is 0 Å². The molecule has 1 aromatic rings. The molecular weight excluding hydrogens is 364 g/mol. The molecule has 1 aliphatic carbocycles. The number of amides is 2. The van der Waals surface area contributed by atoms with Crippen molar-refractivity contribution in [3.05, 3.63) is 23.8 Å². The molecule has 0 saturated heterocycles. The Morgan fingerprint density at radius 3 is 2.64 bits per heavy atom. The van der Waals surface area contributed by atoms with E-state index in [0.29, 0.717) is 23.6 Å². The predicted molar refractivity (Wildman–Crippen MR) is 100 cm³/mol. The number of nitrogens with zero attached hydrogens (tertiary/aromatic N) is 1. The minimum absolute atomic E-state index is 0.121. The van der Waals surface area contributed by atoms with E-state index in [1.54, 1.807) is 23.1 Å².